The van der Waals surface area contributed by atoms with Crippen LogP contribution >= 0.6 is 0 Å². The fourth-order valence-corrected chi connectivity index (χ4v) is 1.74. The molecule has 0 aliphatic carbocycles. The zero-order valence-corrected chi connectivity index (χ0v) is 11.6. The van der Waals surface area contributed by atoms with Crippen molar-refractivity contribution in [1.29, 1.82) is 0 Å². The first-order valence-corrected chi connectivity index (χ1v) is 6.43. The fraction of sp³-hybridized carbons (Fsp3) is 0.0625. The zero-order chi connectivity index (χ0) is 16.8. The van der Waals surface area contributed by atoms with Crippen LogP contribution in [0, 0.1) is 11.6 Å². The monoisotopic (exact) mass is 325 g/mol. The van der Waals surface area contributed by atoms with Crippen molar-refractivity contribution < 1.29 is 27.1 Å². The molecule has 0 atom stereocenters. The molecule has 0 aromatic heterocycles. The lowest BCUT2D eigenvalue weighted by Crippen LogP contribution is -2.03. The van der Waals surface area contributed by atoms with E-state index in [4.69, 9.17) is 0 Å². The smallest absolute Gasteiger partial charge is 0.387 e. The van der Waals surface area contributed by atoms with E-state index in [0.29, 0.717) is 6.07 Å². The number of carbonyl (C=O) groups excluding carboxylic acids is 1. The average Bonchev–Trinajstić information content (AvgIpc) is 2.49. The second-order valence-electron chi connectivity index (χ2n) is 4.37. The van der Waals surface area contributed by atoms with E-state index < -0.39 is 24.0 Å². The Kier molecular flexibility index (Phi) is 5.35. The molecule has 7 heteroatoms. The number of carbonyl (C=O) groups is 1. The molecule has 0 spiro atoms. The lowest BCUT2D eigenvalue weighted by Gasteiger charge is -2.05. The first-order valence-electron chi connectivity index (χ1n) is 6.43. The molecule has 0 amide bonds. The van der Waals surface area contributed by atoms with Crippen LogP contribution in [0.4, 0.5) is 23.2 Å². The van der Waals surface area contributed by atoms with Gasteiger partial charge in [0, 0.05) is 23.9 Å². The number of alkyl halides is 2. The predicted octanol–water partition coefficient (Wildman–Crippen LogP) is 4.37. The first kappa shape index (κ1) is 16.5. The molecule has 3 nitrogen and oxygen atoms in total. The summed E-state index contributed by atoms with van der Waals surface area (Å²) in [6.45, 7) is -2.99. The Hall–Kier alpha value is -2.83. The van der Waals surface area contributed by atoms with E-state index in [-0.39, 0.29) is 17.0 Å². The van der Waals surface area contributed by atoms with Crippen molar-refractivity contribution in [2.24, 2.45) is 0 Å². The number of ether oxygens (including phenoxy) is 1. The second-order valence-corrected chi connectivity index (χ2v) is 4.37. The Morgan fingerprint density at radius 1 is 1.13 bits per heavy atom. The van der Waals surface area contributed by atoms with Crippen LogP contribution in [0.2, 0.25) is 0 Å². The van der Waals surface area contributed by atoms with E-state index in [1.807, 2.05) is 0 Å². The van der Waals surface area contributed by atoms with Crippen molar-refractivity contribution in [2.45, 2.75) is 6.61 Å². The maximum absolute atomic E-state index is 13.4. The normalized spacial score (nSPS) is 11.0. The van der Waals surface area contributed by atoms with Crippen molar-refractivity contribution in [3.05, 3.63) is 71.9 Å². The largest absolute Gasteiger partial charge is 0.435 e. The fourth-order valence-electron chi connectivity index (χ4n) is 1.74. The van der Waals surface area contributed by atoms with Gasteiger partial charge < -0.3 is 10.1 Å². The Labute approximate surface area is 129 Å². The quantitative estimate of drug-likeness (QED) is 0.487. The molecule has 0 unspecified atom stereocenters. The molecule has 2 aromatic carbocycles. The molecule has 0 fully saturated rings. The highest BCUT2D eigenvalue weighted by Gasteiger charge is 2.08. The molecule has 0 aliphatic rings. The van der Waals surface area contributed by atoms with Gasteiger partial charge in [-0.25, -0.2) is 8.78 Å². The number of ketones is 1. The van der Waals surface area contributed by atoms with Crippen LogP contribution in [-0.2, 0) is 0 Å². The van der Waals surface area contributed by atoms with E-state index in [0.717, 1.165) is 18.2 Å². The van der Waals surface area contributed by atoms with Crippen LogP contribution in [-0.4, -0.2) is 12.4 Å². The minimum Gasteiger partial charge on any atom is -0.435 e. The van der Waals surface area contributed by atoms with E-state index in [9.17, 15) is 22.4 Å². The van der Waals surface area contributed by atoms with Crippen LogP contribution in [0.3, 0.4) is 0 Å². The van der Waals surface area contributed by atoms with Gasteiger partial charge in [0.25, 0.3) is 0 Å². The van der Waals surface area contributed by atoms with Gasteiger partial charge in [-0.2, -0.15) is 8.78 Å². The van der Waals surface area contributed by atoms with Crippen molar-refractivity contribution >= 4 is 11.5 Å². The topological polar surface area (TPSA) is 38.3 Å². The highest BCUT2D eigenvalue weighted by atomic mass is 19.3. The maximum atomic E-state index is 13.4. The standard InChI is InChI=1S/C16H11F4NO2/c17-11-4-5-14(13(18)9-11)21-7-6-15(22)10-2-1-3-12(8-10)23-16(19)20/h1-9,16,21H/b7-6+. The molecule has 0 heterocycles. The van der Waals surface area contributed by atoms with Gasteiger partial charge in [0.1, 0.15) is 17.4 Å². The van der Waals surface area contributed by atoms with Gasteiger partial charge in [-0.15, -0.1) is 0 Å². The molecule has 0 saturated heterocycles. The van der Waals surface area contributed by atoms with Crippen LogP contribution in [0.5, 0.6) is 5.75 Å². The van der Waals surface area contributed by atoms with Gasteiger partial charge in [-0.05, 0) is 24.3 Å². The van der Waals surface area contributed by atoms with Gasteiger partial charge in [0.15, 0.2) is 5.78 Å². The van der Waals surface area contributed by atoms with Crippen molar-refractivity contribution in [1.82, 2.24) is 0 Å². The van der Waals surface area contributed by atoms with E-state index >= 15 is 0 Å². The molecule has 2 aromatic rings. The lowest BCUT2D eigenvalue weighted by molar-refractivity contribution is -0.0498. The maximum Gasteiger partial charge on any atom is 0.387 e. The first-order chi connectivity index (χ1) is 11.0. The third-order valence-electron chi connectivity index (χ3n) is 2.75. The molecule has 120 valence electrons. The minimum absolute atomic E-state index is 0.00904. The molecule has 1 N–H and O–H groups in total. The Morgan fingerprint density at radius 2 is 1.91 bits per heavy atom. The van der Waals surface area contributed by atoms with Crippen LogP contribution in [0.25, 0.3) is 0 Å². The van der Waals surface area contributed by atoms with Gasteiger partial charge in [-0.1, -0.05) is 12.1 Å². The number of allylic oxidation sites excluding steroid dienone is 1. The number of hydrogen-bond donors (Lipinski definition) is 1. The van der Waals surface area contributed by atoms with Crippen molar-refractivity contribution in [2.75, 3.05) is 5.32 Å². The van der Waals surface area contributed by atoms with Gasteiger partial charge in [-0.3, -0.25) is 4.79 Å². The minimum atomic E-state index is -2.99. The number of nitrogens with one attached hydrogen (secondary N) is 1. The van der Waals surface area contributed by atoms with Gasteiger partial charge in [0.2, 0.25) is 0 Å². The van der Waals surface area contributed by atoms with E-state index in [1.165, 1.54) is 30.5 Å². The summed E-state index contributed by atoms with van der Waals surface area (Å²) < 4.78 is 54.5. The highest BCUT2D eigenvalue weighted by Crippen LogP contribution is 2.17. The highest BCUT2D eigenvalue weighted by molar-refractivity contribution is 6.04. The predicted molar refractivity (Wildman–Crippen MR) is 76.5 cm³/mol. The Bertz CT molecular complexity index is 732. The summed E-state index contributed by atoms with van der Waals surface area (Å²) in [5.74, 6) is -2.17. The van der Waals surface area contributed by atoms with Gasteiger partial charge >= 0.3 is 6.61 Å². The zero-order valence-electron chi connectivity index (χ0n) is 11.6. The molecular weight excluding hydrogens is 314 g/mol. The van der Waals surface area contributed by atoms with Gasteiger partial charge in [0.05, 0.1) is 5.69 Å². The summed E-state index contributed by atoms with van der Waals surface area (Å²) in [5, 5.41) is 2.49. The molecule has 0 aliphatic heterocycles. The molecular formula is C16H11F4NO2. The third-order valence-corrected chi connectivity index (χ3v) is 2.75. The summed E-state index contributed by atoms with van der Waals surface area (Å²) in [5.41, 5.74) is 0.117. The van der Waals surface area contributed by atoms with E-state index in [2.05, 4.69) is 10.1 Å². The third kappa shape index (κ3) is 4.84. The average molecular weight is 325 g/mol. The number of hydrogen-bond acceptors (Lipinski definition) is 3. The molecule has 2 rings (SSSR count). The van der Waals surface area contributed by atoms with Crippen molar-refractivity contribution in [3.8, 4) is 5.75 Å². The summed E-state index contributed by atoms with van der Waals surface area (Å²) in [4.78, 5) is 11.9. The van der Waals surface area contributed by atoms with Crippen LogP contribution < -0.4 is 10.1 Å². The number of benzene rings is 2. The summed E-state index contributed by atoms with van der Waals surface area (Å²) in [6.07, 6.45) is 2.25. The van der Waals surface area contributed by atoms with Crippen LogP contribution in [0.1, 0.15) is 10.4 Å². The number of anilines is 1. The second kappa shape index (κ2) is 7.44. The van der Waals surface area contributed by atoms with Crippen molar-refractivity contribution in [3.63, 3.8) is 0 Å². The summed E-state index contributed by atoms with van der Waals surface area (Å²) in [7, 11) is 0. The summed E-state index contributed by atoms with van der Waals surface area (Å²) in [6, 6.07) is 8.21. The Morgan fingerprint density at radius 3 is 2.61 bits per heavy atom. The lowest BCUT2D eigenvalue weighted by atomic mass is 10.1. The molecule has 0 saturated carbocycles. The molecule has 0 radical (unpaired) electrons. The molecule has 0 bridgehead atoms. The number of halogens is 4. The Balaban J connectivity index is 2.03. The molecule has 23 heavy (non-hydrogen) atoms. The SMILES string of the molecule is O=C(/C=C/Nc1ccc(F)cc1F)c1cccc(OC(F)F)c1. The summed E-state index contributed by atoms with van der Waals surface area (Å²) >= 11 is 0. The van der Waals surface area contributed by atoms with Crippen LogP contribution in [0.15, 0.2) is 54.7 Å². The van der Waals surface area contributed by atoms with E-state index in [1.54, 1.807) is 0 Å². The number of rotatable bonds is 6.